The molecule has 2 atom stereocenters. The number of methoxy groups -OCH3 is 1. The number of fused-ring (bicyclic) bond motifs is 1. The molecular formula is C38H48N2O8. The topological polar surface area (TPSA) is 96.0 Å². The first kappa shape index (κ1) is 35.0. The summed E-state index contributed by atoms with van der Waals surface area (Å²) in [4.78, 5) is 29.2. The lowest BCUT2D eigenvalue weighted by Crippen LogP contribution is -2.48. The maximum absolute atomic E-state index is 13.0. The predicted molar refractivity (Wildman–Crippen MR) is 183 cm³/mol. The third kappa shape index (κ3) is 9.87. The number of hydrogen-bond acceptors (Lipinski definition) is 8. The Labute approximate surface area is 283 Å². The molecule has 48 heavy (non-hydrogen) atoms. The second-order valence-electron chi connectivity index (χ2n) is 13.1. The predicted octanol–water partition coefficient (Wildman–Crippen LogP) is 6.61. The Morgan fingerprint density at radius 3 is 2.35 bits per heavy atom. The van der Waals surface area contributed by atoms with Crippen molar-refractivity contribution in [2.24, 2.45) is 0 Å². The van der Waals surface area contributed by atoms with E-state index in [2.05, 4.69) is 12.1 Å². The first-order chi connectivity index (χ1) is 23.2. The van der Waals surface area contributed by atoms with E-state index in [0.717, 1.165) is 47.6 Å². The van der Waals surface area contributed by atoms with Gasteiger partial charge in [-0.2, -0.15) is 0 Å². The molecule has 1 fully saturated rings. The number of anilines is 1. The summed E-state index contributed by atoms with van der Waals surface area (Å²) in [5.41, 5.74) is 2.18. The average Bonchev–Trinajstić information content (AvgIpc) is 3.08. The van der Waals surface area contributed by atoms with E-state index >= 15 is 0 Å². The number of carbonyl (C=O) groups is 2. The molecule has 10 heteroatoms. The first-order valence-electron chi connectivity index (χ1n) is 16.8. The molecule has 0 bridgehead atoms. The van der Waals surface area contributed by atoms with Gasteiger partial charge in [0.05, 0.1) is 38.2 Å². The lowest BCUT2D eigenvalue weighted by molar-refractivity contribution is -0.121. The maximum Gasteiger partial charge on any atom is 0.410 e. The van der Waals surface area contributed by atoms with Crippen LogP contribution in [0.4, 0.5) is 10.5 Å². The van der Waals surface area contributed by atoms with Crippen LogP contribution < -0.4 is 19.1 Å². The minimum Gasteiger partial charge on any atom is -0.493 e. The number of piperidine rings is 1. The molecule has 3 aromatic carbocycles. The molecule has 3 aromatic rings. The molecular weight excluding hydrogens is 612 g/mol. The number of likely N-dealkylation sites (tertiary alicyclic amines) is 1. The van der Waals surface area contributed by atoms with Crippen LogP contribution in [0.3, 0.4) is 0 Å². The van der Waals surface area contributed by atoms with E-state index in [-0.39, 0.29) is 30.6 Å². The van der Waals surface area contributed by atoms with Crippen LogP contribution in [0.2, 0.25) is 0 Å². The molecule has 0 N–H and O–H groups in total. The summed E-state index contributed by atoms with van der Waals surface area (Å²) >= 11 is 0. The van der Waals surface area contributed by atoms with E-state index < -0.39 is 5.60 Å². The second-order valence-corrected chi connectivity index (χ2v) is 13.1. The summed E-state index contributed by atoms with van der Waals surface area (Å²) in [6.45, 7) is 9.14. The Balaban J connectivity index is 1.23. The Hall–Kier alpha value is -4.28. The van der Waals surface area contributed by atoms with Crippen LogP contribution in [0, 0.1) is 0 Å². The van der Waals surface area contributed by atoms with E-state index in [9.17, 15) is 9.59 Å². The Morgan fingerprint density at radius 2 is 1.65 bits per heavy atom. The molecule has 1 saturated heterocycles. The molecule has 2 aliphatic heterocycles. The van der Waals surface area contributed by atoms with Crippen molar-refractivity contribution >= 4 is 17.7 Å². The summed E-state index contributed by atoms with van der Waals surface area (Å²) in [6, 6.07) is 23.7. The average molecular weight is 661 g/mol. The number of ether oxygens (including phenoxy) is 6. The SMILES string of the molecule is COCCCN1C(=O)COc2ccc(COC3CN(C(=O)OC(C)(C)C)CCC3c3ccc(OCCCOc4ccccc4)cc3)cc21. The van der Waals surface area contributed by atoms with Crippen LogP contribution >= 0.6 is 0 Å². The van der Waals surface area contributed by atoms with Gasteiger partial charge >= 0.3 is 6.09 Å². The number of amides is 2. The summed E-state index contributed by atoms with van der Waals surface area (Å²) < 4.78 is 34.9. The van der Waals surface area contributed by atoms with Crippen molar-refractivity contribution in [3.8, 4) is 17.2 Å². The third-order valence-corrected chi connectivity index (χ3v) is 8.25. The zero-order chi connectivity index (χ0) is 33.9. The lowest BCUT2D eigenvalue weighted by atomic mass is 9.87. The zero-order valence-electron chi connectivity index (χ0n) is 28.5. The van der Waals surface area contributed by atoms with Crippen molar-refractivity contribution in [3.05, 3.63) is 83.9 Å². The van der Waals surface area contributed by atoms with Crippen molar-refractivity contribution in [2.75, 3.05) is 58.1 Å². The zero-order valence-corrected chi connectivity index (χ0v) is 28.5. The molecule has 0 spiro atoms. The molecule has 2 aliphatic rings. The van der Waals surface area contributed by atoms with Crippen LogP contribution in [-0.2, 0) is 25.6 Å². The third-order valence-electron chi connectivity index (χ3n) is 8.25. The first-order valence-corrected chi connectivity index (χ1v) is 16.8. The summed E-state index contributed by atoms with van der Waals surface area (Å²) in [6.07, 6.45) is 1.59. The smallest absolute Gasteiger partial charge is 0.410 e. The highest BCUT2D eigenvalue weighted by atomic mass is 16.6. The van der Waals surface area contributed by atoms with Crippen LogP contribution in [0.25, 0.3) is 0 Å². The monoisotopic (exact) mass is 660 g/mol. The van der Waals surface area contributed by atoms with Gasteiger partial charge in [-0.1, -0.05) is 36.4 Å². The van der Waals surface area contributed by atoms with E-state index in [0.29, 0.717) is 51.8 Å². The van der Waals surface area contributed by atoms with Gasteiger partial charge in [0.1, 0.15) is 22.8 Å². The van der Waals surface area contributed by atoms with Crippen molar-refractivity contribution in [3.63, 3.8) is 0 Å². The molecule has 258 valence electrons. The second kappa shape index (κ2) is 16.7. The van der Waals surface area contributed by atoms with Gasteiger partial charge in [-0.05, 0) is 81.1 Å². The quantitative estimate of drug-likeness (QED) is 0.179. The lowest BCUT2D eigenvalue weighted by Gasteiger charge is -2.39. The normalized spacial score (nSPS) is 17.8. The summed E-state index contributed by atoms with van der Waals surface area (Å²) in [5.74, 6) is 2.30. The molecule has 2 amide bonds. The summed E-state index contributed by atoms with van der Waals surface area (Å²) in [7, 11) is 1.65. The van der Waals surface area contributed by atoms with Crippen LogP contribution in [0.15, 0.2) is 72.8 Å². The number of rotatable bonds is 14. The van der Waals surface area contributed by atoms with Gasteiger partial charge in [-0.25, -0.2) is 4.79 Å². The fourth-order valence-electron chi connectivity index (χ4n) is 5.88. The van der Waals surface area contributed by atoms with Gasteiger partial charge in [0, 0.05) is 39.1 Å². The minimum atomic E-state index is -0.592. The molecule has 2 heterocycles. The van der Waals surface area contributed by atoms with Gasteiger partial charge in [0.25, 0.3) is 5.91 Å². The highest BCUT2D eigenvalue weighted by Gasteiger charge is 2.35. The van der Waals surface area contributed by atoms with Crippen LogP contribution in [0.1, 0.15) is 57.1 Å². The molecule has 0 saturated carbocycles. The molecule has 0 radical (unpaired) electrons. The van der Waals surface area contributed by atoms with Gasteiger partial charge in [0.2, 0.25) is 0 Å². The van der Waals surface area contributed by atoms with E-state index in [1.165, 1.54) is 0 Å². The van der Waals surface area contributed by atoms with Crippen molar-refractivity contribution in [1.82, 2.24) is 4.90 Å². The van der Waals surface area contributed by atoms with Crippen molar-refractivity contribution in [2.45, 2.75) is 64.3 Å². The van der Waals surface area contributed by atoms with Crippen molar-refractivity contribution in [1.29, 1.82) is 0 Å². The number of carbonyl (C=O) groups excluding carboxylic acids is 2. The fraction of sp³-hybridized carbons (Fsp3) is 0.474. The van der Waals surface area contributed by atoms with E-state index in [1.807, 2.05) is 81.4 Å². The van der Waals surface area contributed by atoms with Crippen LogP contribution in [-0.4, -0.2) is 81.8 Å². The highest BCUT2D eigenvalue weighted by molar-refractivity contribution is 5.97. The Bertz CT molecular complexity index is 1470. The standard InChI is InChI=1S/C38H48N2O8/c1-38(2,3)48-37(42)39-20-18-32(29-13-15-31(16-14-29)45-23-9-22-44-30-10-6-5-7-11-30)35(25-39)46-26-28-12-17-34-33(24-28)40(19-8-21-43-4)36(41)27-47-34/h5-7,10-17,24,32,35H,8-9,18-23,25-27H2,1-4H3. The number of para-hydroxylation sites is 1. The van der Waals surface area contributed by atoms with Crippen molar-refractivity contribution < 1.29 is 38.0 Å². The Morgan fingerprint density at radius 1 is 0.917 bits per heavy atom. The van der Waals surface area contributed by atoms with Gasteiger partial charge < -0.3 is 38.2 Å². The van der Waals surface area contributed by atoms with E-state index in [4.69, 9.17) is 28.4 Å². The van der Waals surface area contributed by atoms with Gasteiger partial charge in [-0.3, -0.25) is 4.79 Å². The summed E-state index contributed by atoms with van der Waals surface area (Å²) in [5, 5.41) is 0. The minimum absolute atomic E-state index is 0.0204. The molecule has 5 rings (SSSR count). The molecule has 2 unspecified atom stereocenters. The Kier molecular flexibility index (Phi) is 12.2. The largest absolute Gasteiger partial charge is 0.493 e. The maximum atomic E-state index is 13.0. The molecule has 0 aromatic heterocycles. The van der Waals surface area contributed by atoms with Crippen LogP contribution in [0.5, 0.6) is 17.2 Å². The van der Waals surface area contributed by atoms with Gasteiger partial charge in [0.15, 0.2) is 6.61 Å². The van der Waals surface area contributed by atoms with Gasteiger partial charge in [-0.15, -0.1) is 0 Å². The number of benzene rings is 3. The molecule has 0 aliphatic carbocycles. The highest BCUT2D eigenvalue weighted by Crippen LogP contribution is 2.36. The van der Waals surface area contributed by atoms with E-state index in [1.54, 1.807) is 16.9 Å². The fourth-order valence-corrected chi connectivity index (χ4v) is 5.88. The number of hydrogen-bond donors (Lipinski definition) is 0. The number of nitrogens with zero attached hydrogens (tertiary/aromatic N) is 2. The molecule has 10 nitrogen and oxygen atoms in total.